The Balaban J connectivity index is 1.71. The van der Waals surface area contributed by atoms with E-state index in [1.807, 2.05) is 6.92 Å². The maximum absolute atomic E-state index is 12.6. The molecule has 3 rings (SSSR count). The summed E-state index contributed by atoms with van der Waals surface area (Å²) in [6, 6.07) is 14.0. The summed E-state index contributed by atoms with van der Waals surface area (Å²) in [4.78, 5) is 26.0. The van der Waals surface area contributed by atoms with Crippen LogP contribution in [0.5, 0.6) is 11.5 Å². The maximum Gasteiger partial charge on any atom is 0.281 e. The lowest BCUT2D eigenvalue weighted by molar-refractivity contribution is -0.120. The average molecular weight is 352 g/mol. The Morgan fingerprint density at radius 1 is 0.962 bits per heavy atom. The summed E-state index contributed by atoms with van der Waals surface area (Å²) in [5, 5.41) is 2.98. The lowest BCUT2D eigenvalue weighted by Gasteiger charge is -2.16. The van der Waals surface area contributed by atoms with E-state index >= 15 is 0 Å². The van der Waals surface area contributed by atoms with Crippen LogP contribution in [0, 0.1) is 0 Å². The molecule has 1 heterocycles. The van der Waals surface area contributed by atoms with Crippen molar-refractivity contribution in [2.45, 2.75) is 13.3 Å². The molecule has 26 heavy (non-hydrogen) atoms. The van der Waals surface area contributed by atoms with E-state index in [0.717, 1.165) is 11.3 Å². The summed E-state index contributed by atoms with van der Waals surface area (Å²) in [6.07, 6.45) is 2.21. The Hall–Kier alpha value is -3.28. The van der Waals surface area contributed by atoms with Gasteiger partial charge in [0, 0.05) is 11.8 Å². The van der Waals surface area contributed by atoms with Crippen LogP contribution in [0.25, 0.3) is 0 Å². The van der Waals surface area contributed by atoms with Gasteiger partial charge in [0.25, 0.3) is 11.8 Å². The van der Waals surface area contributed by atoms with Crippen LogP contribution in [0.3, 0.4) is 0 Å². The van der Waals surface area contributed by atoms with E-state index in [1.165, 1.54) is 6.08 Å². The highest BCUT2D eigenvalue weighted by molar-refractivity contribution is 6.31. The normalized spacial score (nSPS) is 13.6. The maximum atomic E-state index is 12.6. The van der Waals surface area contributed by atoms with Crippen molar-refractivity contribution in [3.8, 4) is 11.5 Å². The number of imide groups is 1. The molecule has 2 amide bonds. The van der Waals surface area contributed by atoms with Gasteiger partial charge < -0.3 is 14.8 Å². The third-order valence-electron chi connectivity index (χ3n) is 3.86. The number of rotatable bonds is 7. The number of carbonyl (C=O) groups is 2. The van der Waals surface area contributed by atoms with Crippen LogP contribution in [-0.4, -0.2) is 25.5 Å². The third kappa shape index (κ3) is 3.69. The van der Waals surface area contributed by atoms with Crippen LogP contribution in [0.2, 0.25) is 0 Å². The third-order valence-corrected chi connectivity index (χ3v) is 3.86. The van der Waals surface area contributed by atoms with Crippen molar-refractivity contribution >= 4 is 23.2 Å². The fraction of sp³-hybridized carbons (Fsp3) is 0.200. The van der Waals surface area contributed by atoms with Crippen LogP contribution in [-0.2, 0) is 9.59 Å². The number of benzene rings is 2. The summed E-state index contributed by atoms with van der Waals surface area (Å²) >= 11 is 0. The highest BCUT2D eigenvalue weighted by Crippen LogP contribution is 2.26. The molecule has 0 spiro atoms. The quantitative estimate of drug-likeness (QED) is 0.774. The minimum absolute atomic E-state index is 0.228. The number of nitrogens with one attached hydrogen (secondary N) is 1. The van der Waals surface area contributed by atoms with E-state index in [1.54, 1.807) is 55.6 Å². The van der Waals surface area contributed by atoms with Gasteiger partial charge in [-0.1, -0.05) is 6.92 Å². The van der Waals surface area contributed by atoms with Gasteiger partial charge >= 0.3 is 0 Å². The standard InChI is InChI=1S/C20H20N2O4/c1-3-12-26-17-10-6-15(7-11-17)22-19(23)13-18(20(22)24)21-14-4-8-16(25-2)9-5-14/h4-11,13,21H,3,12H2,1-2H3. The Bertz CT molecular complexity index is 826. The van der Waals surface area contributed by atoms with Crippen molar-refractivity contribution in [2.24, 2.45) is 0 Å². The summed E-state index contributed by atoms with van der Waals surface area (Å²) in [6.45, 7) is 2.65. The van der Waals surface area contributed by atoms with Gasteiger partial charge in [-0.25, -0.2) is 4.90 Å². The average Bonchev–Trinajstić information content (AvgIpc) is 2.94. The Morgan fingerprint density at radius 3 is 2.23 bits per heavy atom. The van der Waals surface area contributed by atoms with Gasteiger partial charge in [-0.05, 0) is 55.0 Å². The van der Waals surface area contributed by atoms with Crippen LogP contribution in [0.1, 0.15) is 13.3 Å². The van der Waals surface area contributed by atoms with Gasteiger partial charge in [0.15, 0.2) is 0 Å². The van der Waals surface area contributed by atoms with Crippen LogP contribution in [0.15, 0.2) is 60.3 Å². The van der Waals surface area contributed by atoms with E-state index in [4.69, 9.17) is 9.47 Å². The number of ether oxygens (including phenoxy) is 2. The number of nitrogens with zero attached hydrogens (tertiary/aromatic N) is 1. The molecule has 0 aliphatic carbocycles. The molecule has 2 aromatic carbocycles. The summed E-state index contributed by atoms with van der Waals surface area (Å²) in [5.41, 5.74) is 1.43. The minimum Gasteiger partial charge on any atom is -0.497 e. The number of hydrogen-bond donors (Lipinski definition) is 1. The van der Waals surface area contributed by atoms with Gasteiger partial charge in [-0.15, -0.1) is 0 Å². The molecule has 0 atom stereocenters. The number of methoxy groups -OCH3 is 1. The van der Waals surface area contributed by atoms with Gasteiger partial charge in [0.05, 0.1) is 19.4 Å². The van der Waals surface area contributed by atoms with Crippen LogP contribution in [0.4, 0.5) is 11.4 Å². The molecule has 0 saturated heterocycles. The SMILES string of the molecule is CCCOc1ccc(N2C(=O)C=C(Nc3ccc(OC)cc3)C2=O)cc1. The van der Waals surface area contributed by atoms with Crippen molar-refractivity contribution in [2.75, 3.05) is 23.9 Å². The van der Waals surface area contributed by atoms with E-state index < -0.39 is 5.91 Å². The molecule has 0 fully saturated rings. The van der Waals surface area contributed by atoms with Crippen molar-refractivity contribution in [1.29, 1.82) is 0 Å². The molecule has 1 aliphatic rings. The molecule has 134 valence electrons. The molecule has 0 unspecified atom stereocenters. The van der Waals surface area contributed by atoms with Crippen LogP contribution < -0.4 is 19.7 Å². The van der Waals surface area contributed by atoms with Crippen molar-refractivity contribution in [3.05, 3.63) is 60.3 Å². The summed E-state index contributed by atoms with van der Waals surface area (Å²) in [7, 11) is 1.58. The number of anilines is 2. The fourth-order valence-electron chi connectivity index (χ4n) is 2.55. The summed E-state index contributed by atoms with van der Waals surface area (Å²) < 4.78 is 10.6. The predicted molar refractivity (Wildman–Crippen MR) is 99.4 cm³/mol. The molecule has 0 saturated carbocycles. The Labute approximate surface area is 152 Å². The predicted octanol–water partition coefficient (Wildman–Crippen LogP) is 3.35. The Morgan fingerprint density at radius 2 is 1.62 bits per heavy atom. The van der Waals surface area contributed by atoms with E-state index in [0.29, 0.717) is 29.5 Å². The second-order valence-corrected chi connectivity index (χ2v) is 5.73. The molecule has 0 radical (unpaired) electrons. The first kappa shape index (κ1) is 17.5. The van der Waals surface area contributed by atoms with Crippen molar-refractivity contribution in [3.63, 3.8) is 0 Å². The van der Waals surface area contributed by atoms with Gasteiger partial charge in [0.2, 0.25) is 0 Å². The zero-order chi connectivity index (χ0) is 18.5. The minimum atomic E-state index is -0.395. The first-order valence-corrected chi connectivity index (χ1v) is 8.36. The molecular weight excluding hydrogens is 332 g/mol. The molecule has 1 N–H and O–H groups in total. The molecule has 6 nitrogen and oxygen atoms in total. The lowest BCUT2D eigenvalue weighted by Crippen LogP contribution is -2.31. The monoisotopic (exact) mass is 352 g/mol. The van der Waals surface area contributed by atoms with Crippen LogP contribution >= 0.6 is 0 Å². The topological polar surface area (TPSA) is 67.9 Å². The first-order chi connectivity index (χ1) is 12.6. The first-order valence-electron chi connectivity index (χ1n) is 8.36. The van der Waals surface area contributed by atoms with Gasteiger partial charge in [-0.2, -0.15) is 0 Å². The molecule has 0 aromatic heterocycles. The molecular formula is C20H20N2O4. The molecule has 0 bridgehead atoms. The number of hydrogen-bond acceptors (Lipinski definition) is 5. The highest BCUT2D eigenvalue weighted by atomic mass is 16.5. The smallest absolute Gasteiger partial charge is 0.281 e. The lowest BCUT2D eigenvalue weighted by atomic mass is 10.2. The van der Waals surface area contributed by atoms with E-state index in [-0.39, 0.29) is 11.6 Å². The van der Waals surface area contributed by atoms with Crippen molar-refractivity contribution < 1.29 is 19.1 Å². The molecule has 2 aromatic rings. The van der Waals surface area contributed by atoms with Crippen molar-refractivity contribution in [1.82, 2.24) is 0 Å². The van der Waals surface area contributed by atoms with E-state index in [9.17, 15) is 9.59 Å². The zero-order valence-corrected chi connectivity index (χ0v) is 14.7. The van der Waals surface area contributed by atoms with E-state index in [2.05, 4.69) is 5.32 Å². The largest absolute Gasteiger partial charge is 0.497 e. The van der Waals surface area contributed by atoms with Gasteiger partial charge in [0.1, 0.15) is 17.2 Å². The fourth-order valence-corrected chi connectivity index (χ4v) is 2.55. The second kappa shape index (κ2) is 7.74. The molecule has 1 aliphatic heterocycles. The number of amides is 2. The summed E-state index contributed by atoms with van der Waals surface area (Å²) in [5.74, 6) is 0.644. The van der Waals surface area contributed by atoms with Gasteiger partial charge in [-0.3, -0.25) is 9.59 Å². The Kier molecular flexibility index (Phi) is 5.22. The zero-order valence-electron chi connectivity index (χ0n) is 14.7. The second-order valence-electron chi connectivity index (χ2n) is 5.73. The number of carbonyl (C=O) groups excluding carboxylic acids is 2. The molecule has 6 heteroatoms. The highest BCUT2D eigenvalue weighted by Gasteiger charge is 2.32.